The van der Waals surface area contributed by atoms with Crippen molar-refractivity contribution in [3.05, 3.63) is 26.6 Å². The van der Waals surface area contributed by atoms with Gasteiger partial charge in [-0.2, -0.15) is 0 Å². The molecule has 0 unspecified atom stereocenters. The highest BCUT2D eigenvalue weighted by Crippen LogP contribution is 2.27. The molecule has 0 aromatic carbocycles. The highest BCUT2D eigenvalue weighted by Gasteiger charge is 2.20. The number of esters is 1. The average Bonchev–Trinajstić information content (AvgIpc) is 2.68. The molecule has 0 aliphatic rings. The molecular weight excluding hydrogens is 266 g/mol. The van der Waals surface area contributed by atoms with Crippen LogP contribution in [0.5, 0.6) is 0 Å². The Morgan fingerprint density at radius 3 is 2.89 bits per heavy atom. The minimum atomic E-state index is -0.397. The summed E-state index contributed by atoms with van der Waals surface area (Å²) in [5.41, 5.74) is 0.436. The van der Waals surface area contributed by atoms with E-state index in [0.29, 0.717) is 39.6 Å². The van der Waals surface area contributed by atoms with Crippen LogP contribution in [0.1, 0.15) is 28.0 Å². The summed E-state index contributed by atoms with van der Waals surface area (Å²) in [5.74, 6) is 0.211. The Morgan fingerprint density at radius 2 is 2.26 bits per heavy atom. The van der Waals surface area contributed by atoms with Crippen LogP contribution in [0.15, 0.2) is 4.79 Å². The van der Waals surface area contributed by atoms with Crippen molar-refractivity contribution < 1.29 is 14.8 Å². The largest absolute Gasteiger partial charge is 0.462 e. The van der Waals surface area contributed by atoms with Gasteiger partial charge in [-0.3, -0.25) is 4.79 Å². The quantitative estimate of drug-likeness (QED) is 0.782. The number of aromatic nitrogens is 2. The molecule has 0 saturated carbocycles. The molecular formula is C12H16N3O3S+. The van der Waals surface area contributed by atoms with Crippen molar-refractivity contribution in [3.8, 4) is 0 Å². The second-order valence-electron chi connectivity index (χ2n) is 4.08. The second-order valence-corrected chi connectivity index (χ2v) is 5.08. The lowest BCUT2D eigenvalue weighted by molar-refractivity contribution is -0.644. The molecule has 0 aliphatic heterocycles. The highest BCUT2D eigenvalue weighted by atomic mass is 32.1. The Bertz CT molecular complexity index is 675. The number of quaternary nitrogens is 1. The van der Waals surface area contributed by atoms with Gasteiger partial charge in [0.1, 0.15) is 16.3 Å². The van der Waals surface area contributed by atoms with E-state index >= 15 is 0 Å². The molecule has 0 spiro atoms. The average molecular weight is 282 g/mol. The molecule has 6 nitrogen and oxygen atoms in total. The Labute approximate surface area is 113 Å². The van der Waals surface area contributed by atoms with Gasteiger partial charge in [0.25, 0.3) is 5.56 Å². The van der Waals surface area contributed by atoms with Crippen LogP contribution < -0.4 is 10.9 Å². The van der Waals surface area contributed by atoms with Gasteiger partial charge in [-0.25, -0.2) is 9.78 Å². The lowest BCUT2D eigenvalue weighted by Gasteiger charge is -1.98. The van der Waals surface area contributed by atoms with E-state index < -0.39 is 5.97 Å². The molecule has 2 aromatic heterocycles. The van der Waals surface area contributed by atoms with E-state index in [4.69, 9.17) is 4.74 Å². The van der Waals surface area contributed by atoms with Crippen LogP contribution in [0.2, 0.25) is 0 Å². The second kappa shape index (κ2) is 5.50. The zero-order valence-electron chi connectivity index (χ0n) is 11.1. The van der Waals surface area contributed by atoms with Gasteiger partial charge in [-0.15, -0.1) is 11.3 Å². The third-order valence-electron chi connectivity index (χ3n) is 2.71. The fourth-order valence-electron chi connectivity index (χ4n) is 1.87. The number of rotatable bonds is 4. The lowest BCUT2D eigenvalue weighted by Crippen LogP contribution is -2.78. The third kappa shape index (κ3) is 2.52. The van der Waals surface area contributed by atoms with Crippen molar-refractivity contribution in [2.75, 3.05) is 13.7 Å². The highest BCUT2D eigenvalue weighted by molar-refractivity contribution is 7.20. The molecule has 0 fully saturated rings. The van der Waals surface area contributed by atoms with Crippen molar-refractivity contribution in [2.24, 2.45) is 0 Å². The number of aryl methyl sites for hydroxylation is 1. The van der Waals surface area contributed by atoms with Crippen LogP contribution in [-0.2, 0) is 11.3 Å². The summed E-state index contributed by atoms with van der Waals surface area (Å²) < 4.78 is 4.98. The number of aromatic amines is 1. The van der Waals surface area contributed by atoms with E-state index in [-0.39, 0.29) is 5.56 Å². The number of carbonyl (C=O) groups excluding carboxylic acids is 1. The number of fused-ring (bicyclic) bond motifs is 1. The van der Waals surface area contributed by atoms with E-state index in [2.05, 4.69) is 9.97 Å². The molecule has 0 aliphatic carbocycles. The number of nitrogens with two attached hydrogens (primary N) is 1. The molecule has 102 valence electrons. The Kier molecular flexibility index (Phi) is 3.96. The summed E-state index contributed by atoms with van der Waals surface area (Å²) in [5, 5.41) is 2.39. The summed E-state index contributed by atoms with van der Waals surface area (Å²) in [7, 11) is 1.90. The number of nitrogens with zero attached hydrogens (tertiary/aromatic N) is 1. The molecule has 3 N–H and O–H groups in total. The van der Waals surface area contributed by atoms with Gasteiger partial charge in [-0.1, -0.05) is 0 Å². The monoisotopic (exact) mass is 282 g/mol. The van der Waals surface area contributed by atoms with Gasteiger partial charge < -0.3 is 15.0 Å². The van der Waals surface area contributed by atoms with Crippen molar-refractivity contribution in [3.63, 3.8) is 0 Å². The van der Waals surface area contributed by atoms with Gasteiger partial charge in [-0.05, 0) is 19.4 Å². The normalized spacial score (nSPS) is 10.9. The first-order chi connectivity index (χ1) is 9.08. The van der Waals surface area contributed by atoms with E-state index in [0.717, 1.165) is 0 Å². The molecule has 2 aromatic rings. The molecule has 2 rings (SSSR count). The summed E-state index contributed by atoms with van der Waals surface area (Å²) >= 11 is 1.21. The molecule has 0 atom stereocenters. The number of nitrogens with one attached hydrogen (secondary N) is 1. The molecule has 2 heterocycles. The zero-order valence-corrected chi connectivity index (χ0v) is 11.9. The zero-order chi connectivity index (χ0) is 14.0. The van der Waals surface area contributed by atoms with Crippen LogP contribution in [0.3, 0.4) is 0 Å². The maximum atomic E-state index is 12.0. The van der Waals surface area contributed by atoms with Gasteiger partial charge in [0.05, 0.1) is 19.0 Å². The molecule has 19 heavy (non-hydrogen) atoms. The Balaban J connectivity index is 2.59. The topological polar surface area (TPSA) is 88.7 Å². The van der Waals surface area contributed by atoms with Gasteiger partial charge in [0.2, 0.25) is 0 Å². The van der Waals surface area contributed by atoms with Gasteiger partial charge in [0.15, 0.2) is 5.82 Å². The number of hydrogen-bond acceptors (Lipinski definition) is 5. The minimum Gasteiger partial charge on any atom is -0.462 e. The summed E-state index contributed by atoms with van der Waals surface area (Å²) in [4.78, 5) is 32.0. The van der Waals surface area contributed by atoms with Gasteiger partial charge in [0, 0.05) is 0 Å². The summed E-state index contributed by atoms with van der Waals surface area (Å²) in [6.45, 7) is 4.40. The van der Waals surface area contributed by atoms with Crippen LogP contribution in [-0.4, -0.2) is 29.6 Å². The van der Waals surface area contributed by atoms with Crippen LogP contribution in [0.4, 0.5) is 0 Å². The lowest BCUT2D eigenvalue weighted by atomic mass is 10.2. The maximum absolute atomic E-state index is 12.0. The predicted molar refractivity (Wildman–Crippen MR) is 72.5 cm³/mol. The minimum absolute atomic E-state index is 0.203. The third-order valence-corrected chi connectivity index (χ3v) is 3.87. The number of carbonyl (C=O) groups is 1. The first-order valence-corrected chi connectivity index (χ1v) is 6.87. The Morgan fingerprint density at radius 1 is 1.53 bits per heavy atom. The van der Waals surface area contributed by atoms with Crippen molar-refractivity contribution in [2.45, 2.75) is 20.4 Å². The number of H-pyrrole nitrogens is 1. The maximum Gasteiger partial charge on any atom is 0.348 e. The van der Waals surface area contributed by atoms with Gasteiger partial charge >= 0.3 is 5.97 Å². The van der Waals surface area contributed by atoms with E-state index in [9.17, 15) is 9.59 Å². The molecule has 0 amide bonds. The molecule has 0 radical (unpaired) electrons. The summed E-state index contributed by atoms with van der Waals surface area (Å²) in [6.07, 6.45) is 0. The first-order valence-electron chi connectivity index (χ1n) is 6.05. The first kappa shape index (κ1) is 13.7. The van der Waals surface area contributed by atoms with E-state index in [1.54, 1.807) is 13.8 Å². The van der Waals surface area contributed by atoms with Crippen LogP contribution in [0.25, 0.3) is 10.2 Å². The molecule has 0 bridgehead atoms. The van der Waals surface area contributed by atoms with E-state index in [1.807, 2.05) is 12.4 Å². The standard InChI is InChI=1S/C12H15N3O3S/c1-4-18-12(17)9-6(2)8-10(16)14-7(5-13-3)15-11(8)19-9/h13H,4-5H2,1-3H3,(H,14,15,16)/p+1. The van der Waals surface area contributed by atoms with Crippen molar-refractivity contribution in [1.82, 2.24) is 9.97 Å². The van der Waals surface area contributed by atoms with Crippen LogP contribution in [0, 0.1) is 6.92 Å². The SMILES string of the molecule is CCOC(=O)c1sc2nc(C[NH2+]C)[nH]c(=O)c2c1C. The number of thiophene rings is 1. The number of hydrogen-bond donors (Lipinski definition) is 2. The van der Waals surface area contributed by atoms with Crippen molar-refractivity contribution in [1.29, 1.82) is 0 Å². The smallest absolute Gasteiger partial charge is 0.348 e. The van der Waals surface area contributed by atoms with Crippen LogP contribution >= 0.6 is 11.3 Å². The fraction of sp³-hybridized carbons (Fsp3) is 0.417. The molecule has 7 heteroatoms. The predicted octanol–water partition coefficient (Wildman–Crippen LogP) is 0.163. The summed E-state index contributed by atoms with van der Waals surface area (Å²) in [6, 6.07) is 0. The Hall–Kier alpha value is -1.73. The number of ether oxygens (including phenoxy) is 1. The molecule has 0 saturated heterocycles. The van der Waals surface area contributed by atoms with Crippen molar-refractivity contribution >= 4 is 27.5 Å². The fourth-order valence-corrected chi connectivity index (χ4v) is 2.96. The van der Waals surface area contributed by atoms with E-state index in [1.165, 1.54) is 11.3 Å².